The van der Waals surface area contributed by atoms with Gasteiger partial charge >= 0.3 is 0 Å². The van der Waals surface area contributed by atoms with Crippen LogP contribution in [0.1, 0.15) is 21.1 Å². The quantitative estimate of drug-likeness (QED) is 0.262. The molecular weight excluding hydrogens is 408 g/mol. The highest BCUT2D eigenvalue weighted by Crippen LogP contribution is 2.16. The van der Waals surface area contributed by atoms with Gasteiger partial charge in [-0.25, -0.2) is 0 Å². The summed E-state index contributed by atoms with van der Waals surface area (Å²) in [7, 11) is 0. The van der Waals surface area contributed by atoms with E-state index >= 15 is 0 Å². The predicted molar refractivity (Wildman–Crippen MR) is 109 cm³/mol. The van der Waals surface area contributed by atoms with E-state index in [-0.39, 0.29) is 24.4 Å². The molecule has 0 radical (unpaired) electrons. The van der Waals surface area contributed by atoms with Crippen molar-refractivity contribution >= 4 is 28.6 Å². The standard InChI is InChI=1S/C19H16N6O4S/c26-19(13-3-1-4-14(11-13)25(27)28)20-8-9-29-18-7-6-16-21-22-17(24(16)23-18)12-15-5-2-10-30-15/h1-7,10-11H,8-9,12H2,(H,20,26). The molecule has 1 N–H and O–H groups in total. The molecule has 30 heavy (non-hydrogen) atoms. The van der Waals surface area contributed by atoms with Gasteiger partial charge in [-0.15, -0.1) is 26.6 Å². The first-order valence-corrected chi connectivity index (χ1v) is 9.87. The highest BCUT2D eigenvalue weighted by Gasteiger charge is 2.12. The summed E-state index contributed by atoms with van der Waals surface area (Å²) in [5, 5.41) is 28.2. The van der Waals surface area contributed by atoms with Gasteiger partial charge in [0.15, 0.2) is 11.5 Å². The maximum Gasteiger partial charge on any atom is 0.270 e. The molecule has 1 aromatic carbocycles. The molecule has 3 aromatic heterocycles. The van der Waals surface area contributed by atoms with Crippen molar-refractivity contribution in [1.82, 2.24) is 25.1 Å². The Bertz CT molecular complexity index is 1190. The van der Waals surface area contributed by atoms with E-state index in [1.807, 2.05) is 17.5 Å². The number of fused-ring (bicyclic) bond motifs is 1. The lowest BCUT2D eigenvalue weighted by Crippen LogP contribution is -2.28. The normalized spacial score (nSPS) is 10.8. The fraction of sp³-hybridized carbons (Fsp3) is 0.158. The lowest BCUT2D eigenvalue weighted by molar-refractivity contribution is -0.384. The largest absolute Gasteiger partial charge is 0.475 e. The van der Waals surface area contributed by atoms with Gasteiger partial charge in [0.2, 0.25) is 5.88 Å². The number of nitrogens with one attached hydrogen (secondary N) is 1. The van der Waals surface area contributed by atoms with E-state index < -0.39 is 10.8 Å². The van der Waals surface area contributed by atoms with Crippen molar-refractivity contribution in [2.45, 2.75) is 6.42 Å². The molecule has 152 valence electrons. The van der Waals surface area contributed by atoms with Crippen LogP contribution >= 0.6 is 11.3 Å². The zero-order valence-corrected chi connectivity index (χ0v) is 16.4. The average molecular weight is 424 g/mol. The Morgan fingerprint density at radius 1 is 1.20 bits per heavy atom. The highest BCUT2D eigenvalue weighted by molar-refractivity contribution is 7.09. The van der Waals surface area contributed by atoms with E-state index in [0.717, 1.165) is 4.88 Å². The van der Waals surface area contributed by atoms with Crippen LogP contribution in [0.3, 0.4) is 0 Å². The van der Waals surface area contributed by atoms with Crippen LogP contribution in [-0.2, 0) is 6.42 Å². The summed E-state index contributed by atoms with van der Waals surface area (Å²) in [6, 6.07) is 13.0. The summed E-state index contributed by atoms with van der Waals surface area (Å²) in [5.41, 5.74) is 0.697. The van der Waals surface area contributed by atoms with E-state index in [2.05, 4.69) is 20.6 Å². The number of ether oxygens (including phenoxy) is 1. The summed E-state index contributed by atoms with van der Waals surface area (Å²) >= 11 is 1.64. The first-order valence-electron chi connectivity index (χ1n) is 8.99. The number of benzene rings is 1. The molecule has 0 unspecified atom stereocenters. The second-order valence-corrected chi connectivity index (χ2v) is 7.26. The van der Waals surface area contributed by atoms with Crippen molar-refractivity contribution in [2.24, 2.45) is 0 Å². The molecule has 1 amide bonds. The molecule has 0 saturated heterocycles. The molecule has 3 heterocycles. The van der Waals surface area contributed by atoms with Gasteiger partial charge in [-0.2, -0.15) is 4.52 Å². The Hall–Kier alpha value is -3.86. The third kappa shape index (κ3) is 4.41. The minimum absolute atomic E-state index is 0.135. The number of hydrogen-bond acceptors (Lipinski definition) is 8. The van der Waals surface area contributed by atoms with Crippen LogP contribution in [0.4, 0.5) is 5.69 Å². The zero-order valence-electron chi connectivity index (χ0n) is 15.6. The third-order valence-electron chi connectivity index (χ3n) is 4.17. The van der Waals surface area contributed by atoms with Gasteiger partial charge in [-0.1, -0.05) is 12.1 Å². The van der Waals surface area contributed by atoms with Crippen LogP contribution in [0.15, 0.2) is 53.9 Å². The maximum absolute atomic E-state index is 12.1. The van der Waals surface area contributed by atoms with Gasteiger partial charge in [0.25, 0.3) is 11.6 Å². The smallest absolute Gasteiger partial charge is 0.270 e. The molecule has 0 saturated carbocycles. The number of carbonyl (C=O) groups is 1. The number of hydrogen-bond donors (Lipinski definition) is 1. The fourth-order valence-electron chi connectivity index (χ4n) is 2.76. The number of thiophene rings is 1. The summed E-state index contributed by atoms with van der Waals surface area (Å²) in [5.74, 6) is 0.666. The van der Waals surface area contributed by atoms with Crippen molar-refractivity contribution in [2.75, 3.05) is 13.2 Å². The maximum atomic E-state index is 12.1. The second-order valence-electron chi connectivity index (χ2n) is 6.23. The first-order chi connectivity index (χ1) is 14.6. The van der Waals surface area contributed by atoms with Crippen molar-refractivity contribution < 1.29 is 14.5 Å². The van der Waals surface area contributed by atoms with Crippen LogP contribution in [0, 0.1) is 10.1 Å². The van der Waals surface area contributed by atoms with Crippen molar-refractivity contribution in [1.29, 1.82) is 0 Å². The Morgan fingerprint density at radius 3 is 2.90 bits per heavy atom. The number of amides is 1. The van der Waals surface area contributed by atoms with Gasteiger partial charge < -0.3 is 10.1 Å². The predicted octanol–water partition coefficient (Wildman–Crippen LogP) is 2.49. The molecule has 0 atom stereocenters. The number of nitrogens with zero attached hydrogens (tertiary/aromatic N) is 5. The van der Waals surface area contributed by atoms with E-state index in [1.54, 1.807) is 28.0 Å². The topological polar surface area (TPSA) is 125 Å². The van der Waals surface area contributed by atoms with Crippen LogP contribution in [0.2, 0.25) is 0 Å². The lowest BCUT2D eigenvalue weighted by Gasteiger charge is -2.07. The zero-order chi connectivity index (χ0) is 20.9. The SMILES string of the molecule is O=C(NCCOc1ccc2nnc(Cc3cccs3)n2n1)c1cccc([N+](=O)[O-])c1. The molecule has 0 aliphatic carbocycles. The Kier molecular flexibility index (Phi) is 5.61. The Balaban J connectivity index is 1.34. The van der Waals surface area contributed by atoms with E-state index in [1.165, 1.54) is 24.3 Å². The first kappa shape index (κ1) is 19.5. The molecule has 10 nitrogen and oxygen atoms in total. The summed E-state index contributed by atoms with van der Waals surface area (Å²) in [4.78, 5) is 23.6. The van der Waals surface area contributed by atoms with Crippen LogP contribution in [0.25, 0.3) is 5.65 Å². The Labute approximate surface area is 174 Å². The van der Waals surface area contributed by atoms with E-state index in [9.17, 15) is 14.9 Å². The molecule has 4 rings (SSSR count). The monoisotopic (exact) mass is 424 g/mol. The van der Waals surface area contributed by atoms with Gasteiger partial charge in [0, 0.05) is 35.1 Å². The minimum Gasteiger partial charge on any atom is -0.475 e. The van der Waals surface area contributed by atoms with Crippen LogP contribution in [-0.4, -0.2) is 43.8 Å². The minimum atomic E-state index is -0.542. The highest BCUT2D eigenvalue weighted by atomic mass is 32.1. The molecule has 0 fully saturated rings. The molecule has 11 heteroatoms. The summed E-state index contributed by atoms with van der Waals surface area (Å²) in [6.07, 6.45) is 0.620. The summed E-state index contributed by atoms with van der Waals surface area (Å²) < 4.78 is 7.25. The van der Waals surface area contributed by atoms with Crippen LogP contribution in [0.5, 0.6) is 5.88 Å². The van der Waals surface area contributed by atoms with Gasteiger partial charge in [-0.3, -0.25) is 14.9 Å². The number of non-ortho nitro benzene ring substituents is 1. The lowest BCUT2D eigenvalue weighted by atomic mass is 10.2. The summed E-state index contributed by atoms with van der Waals surface area (Å²) in [6.45, 7) is 0.396. The van der Waals surface area contributed by atoms with Gasteiger partial charge in [-0.05, 0) is 23.6 Å². The van der Waals surface area contributed by atoms with Gasteiger partial charge in [0.1, 0.15) is 6.61 Å². The van der Waals surface area contributed by atoms with Gasteiger partial charge in [0.05, 0.1) is 11.5 Å². The number of aromatic nitrogens is 4. The average Bonchev–Trinajstić information content (AvgIpc) is 3.41. The molecule has 4 aromatic rings. The van der Waals surface area contributed by atoms with Crippen molar-refractivity contribution in [3.63, 3.8) is 0 Å². The van der Waals surface area contributed by atoms with E-state index in [0.29, 0.717) is 23.8 Å². The second kappa shape index (κ2) is 8.66. The molecule has 0 bridgehead atoms. The fourth-order valence-corrected chi connectivity index (χ4v) is 3.46. The number of nitro groups is 1. The number of carbonyl (C=O) groups excluding carboxylic acids is 1. The van der Waals surface area contributed by atoms with Crippen molar-refractivity contribution in [3.8, 4) is 5.88 Å². The number of rotatable bonds is 8. The Morgan fingerprint density at radius 2 is 2.10 bits per heavy atom. The third-order valence-corrected chi connectivity index (χ3v) is 5.05. The molecule has 0 spiro atoms. The van der Waals surface area contributed by atoms with Crippen molar-refractivity contribution in [3.05, 3.63) is 80.3 Å². The van der Waals surface area contributed by atoms with Crippen LogP contribution < -0.4 is 10.1 Å². The molecule has 0 aliphatic rings. The molecular formula is C19H16N6O4S. The number of nitro benzene ring substituents is 1. The van der Waals surface area contributed by atoms with E-state index in [4.69, 9.17) is 4.74 Å². The molecule has 0 aliphatic heterocycles.